The lowest BCUT2D eigenvalue weighted by Crippen LogP contribution is -2.47. The number of aryl methyl sites for hydroxylation is 2. The minimum Gasteiger partial charge on any atom is -0.379 e. The molecule has 6 heterocycles. The Kier molecular flexibility index (Phi) is 29.4. The molecule has 454 valence electrons. The van der Waals surface area contributed by atoms with Gasteiger partial charge >= 0.3 is 0 Å². The first-order valence-corrected chi connectivity index (χ1v) is 30.4. The monoisotopic (exact) mass is 1140 g/mol. The van der Waals surface area contributed by atoms with E-state index in [1.54, 1.807) is 0 Å². The van der Waals surface area contributed by atoms with Crippen molar-refractivity contribution in [3.8, 4) is 0 Å². The van der Waals surface area contributed by atoms with Crippen LogP contribution < -0.4 is 5.32 Å². The highest BCUT2D eigenvalue weighted by Gasteiger charge is 2.42. The number of aldehydes is 1. The van der Waals surface area contributed by atoms with Gasteiger partial charge in [-0.3, -0.25) is 14.5 Å². The van der Waals surface area contributed by atoms with Gasteiger partial charge in [-0.15, -0.1) is 15.3 Å². The summed E-state index contributed by atoms with van der Waals surface area (Å²) in [5.41, 5.74) is 2.15. The first-order valence-electron chi connectivity index (χ1n) is 30.4. The Morgan fingerprint density at radius 1 is 0.642 bits per heavy atom. The molecule has 2 bridgehead atoms. The van der Waals surface area contributed by atoms with Crippen LogP contribution in [0, 0.1) is 12.8 Å². The number of carbonyl (C=O) groups is 3. The molecular formula is C59H97N11O11. The molecule has 2 aromatic heterocycles. The number of aromatic nitrogens is 6. The average Bonchev–Trinajstić information content (AvgIpc) is 4.46. The molecule has 4 aliphatic heterocycles. The molecule has 2 amide bonds. The van der Waals surface area contributed by atoms with Crippen molar-refractivity contribution in [3.05, 3.63) is 59.4 Å². The Balaban J connectivity index is 0.647. The van der Waals surface area contributed by atoms with Crippen molar-refractivity contribution in [2.75, 3.05) is 165 Å². The van der Waals surface area contributed by atoms with E-state index in [9.17, 15) is 14.4 Å². The van der Waals surface area contributed by atoms with Gasteiger partial charge in [0.25, 0.3) is 0 Å². The first kappa shape index (κ1) is 64.2. The van der Waals surface area contributed by atoms with Crippen LogP contribution >= 0.6 is 0 Å². The van der Waals surface area contributed by atoms with Crippen LogP contribution in [-0.2, 0) is 65.2 Å². The van der Waals surface area contributed by atoms with Crippen molar-refractivity contribution in [2.45, 2.75) is 128 Å². The lowest BCUT2D eigenvalue weighted by atomic mass is 9.94. The highest BCUT2D eigenvalue weighted by Crippen LogP contribution is 2.42. The highest BCUT2D eigenvalue weighted by atomic mass is 16.6. The second kappa shape index (κ2) is 37.1. The Morgan fingerprint density at radius 3 is 1.79 bits per heavy atom. The summed E-state index contributed by atoms with van der Waals surface area (Å²) in [5, 5.41) is 21.1. The van der Waals surface area contributed by atoms with E-state index in [2.05, 4.69) is 90.1 Å². The predicted octanol–water partition coefficient (Wildman–Crippen LogP) is 4.32. The van der Waals surface area contributed by atoms with E-state index in [4.69, 9.17) is 37.9 Å². The number of hydrogen-bond donors (Lipinski definition) is 1. The van der Waals surface area contributed by atoms with Crippen LogP contribution in [0.15, 0.2) is 36.5 Å². The summed E-state index contributed by atoms with van der Waals surface area (Å²) in [6.07, 6.45) is 13.0. The number of carbonyl (C=O) groups excluding carboxylic acids is 3. The molecule has 4 aliphatic rings. The zero-order chi connectivity index (χ0) is 56.7. The van der Waals surface area contributed by atoms with Gasteiger partial charge in [0.1, 0.15) is 17.9 Å². The predicted molar refractivity (Wildman–Crippen MR) is 305 cm³/mol. The van der Waals surface area contributed by atoms with Crippen LogP contribution in [-0.4, -0.2) is 244 Å². The molecule has 3 aromatic rings. The number of fused-ring (bicyclic) bond motifs is 2. The highest BCUT2D eigenvalue weighted by molar-refractivity contribution is 5.82. The number of hydrogen-bond acceptors (Lipinski definition) is 18. The third-order valence-electron chi connectivity index (χ3n) is 16.0. The molecule has 0 aliphatic carbocycles. The summed E-state index contributed by atoms with van der Waals surface area (Å²) in [6.45, 7) is 22.8. The quantitative estimate of drug-likeness (QED) is 0.0618. The van der Waals surface area contributed by atoms with Gasteiger partial charge in [0.15, 0.2) is 0 Å². The molecule has 22 nitrogen and oxygen atoms in total. The smallest absolute Gasteiger partial charge is 0.225 e. The third-order valence-corrected chi connectivity index (χ3v) is 16.0. The van der Waals surface area contributed by atoms with Crippen LogP contribution in [0.2, 0.25) is 0 Å². The molecule has 0 spiro atoms. The van der Waals surface area contributed by atoms with Gasteiger partial charge in [-0.2, -0.15) is 0 Å². The molecule has 1 aromatic carbocycles. The summed E-state index contributed by atoms with van der Waals surface area (Å²) in [7, 11) is 0. The van der Waals surface area contributed by atoms with Crippen LogP contribution in [0.1, 0.15) is 119 Å². The van der Waals surface area contributed by atoms with Gasteiger partial charge in [-0.05, 0) is 76.8 Å². The fraction of sp³-hybridized carbons (Fsp3) is 0.780. The average molecular weight is 1140 g/mol. The maximum absolute atomic E-state index is 13.9. The molecular weight excluding hydrogens is 1040 g/mol. The van der Waals surface area contributed by atoms with Crippen molar-refractivity contribution in [3.63, 3.8) is 0 Å². The lowest BCUT2D eigenvalue weighted by molar-refractivity contribution is -0.131. The number of piperidine rings is 1. The van der Waals surface area contributed by atoms with Gasteiger partial charge < -0.3 is 67.3 Å². The largest absolute Gasteiger partial charge is 0.379 e. The van der Waals surface area contributed by atoms with Gasteiger partial charge in [-0.1, -0.05) is 49.4 Å². The standard InChI is InChI=1S/C59H97N11O11/c1-48(2)58-63-61-49(3)70(58)55-44-53-13-14-54(45-55)69(53)21-16-56(50-10-5-4-6-11-50)60-59(73)51-15-20-67(46-51)57(72)17-19-66-24-22-65(23-25-66)18-8-7-12-52-47-68(64-62-52)26-29-75-31-33-77-35-37-79-39-41-81-43-42-80-40-38-78-36-34-76-32-30-74-28-9-27-71/h4-6,10-11,27,47-48,51,53-56H,7-9,12-26,28-46H2,1-3H3,(H,60,73)/t51-,53?,54?,55?,56+/m1/s1. The number of ether oxygens (including phenoxy) is 8. The zero-order valence-corrected chi connectivity index (χ0v) is 49.1. The molecule has 4 atom stereocenters. The summed E-state index contributed by atoms with van der Waals surface area (Å²) in [6, 6.07) is 11.9. The van der Waals surface area contributed by atoms with E-state index < -0.39 is 0 Å². The maximum atomic E-state index is 13.9. The summed E-state index contributed by atoms with van der Waals surface area (Å²) in [5.74, 6) is 2.50. The number of likely N-dealkylation sites (tertiary alicyclic amines) is 1. The first-order chi connectivity index (χ1) is 39.7. The second-order valence-corrected chi connectivity index (χ2v) is 22.2. The number of nitrogens with one attached hydrogen (secondary N) is 1. The molecule has 22 heteroatoms. The van der Waals surface area contributed by atoms with Gasteiger partial charge in [-0.25, -0.2) is 4.68 Å². The molecule has 81 heavy (non-hydrogen) atoms. The Morgan fingerprint density at radius 2 is 1.21 bits per heavy atom. The zero-order valence-electron chi connectivity index (χ0n) is 49.1. The van der Waals surface area contributed by atoms with Gasteiger partial charge in [0, 0.05) is 95.4 Å². The third kappa shape index (κ3) is 22.6. The fourth-order valence-corrected chi connectivity index (χ4v) is 11.6. The number of benzene rings is 1. The van der Waals surface area contributed by atoms with E-state index in [1.807, 2.05) is 21.8 Å². The van der Waals surface area contributed by atoms with E-state index in [-0.39, 0.29) is 23.8 Å². The number of amides is 2. The van der Waals surface area contributed by atoms with Gasteiger partial charge in [0.2, 0.25) is 11.8 Å². The molecule has 7 rings (SSSR count). The Labute approximate surface area is 481 Å². The molecule has 1 N–H and O–H groups in total. The van der Waals surface area contributed by atoms with Crippen LogP contribution in [0.3, 0.4) is 0 Å². The number of unbranched alkanes of at least 4 members (excludes halogenated alkanes) is 1. The van der Waals surface area contributed by atoms with Crippen LogP contribution in [0.25, 0.3) is 0 Å². The number of piperazine rings is 1. The normalized spacial score (nSPS) is 20.2. The van der Waals surface area contributed by atoms with E-state index in [0.29, 0.717) is 169 Å². The van der Waals surface area contributed by atoms with E-state index in [0.717, 1.165) is 114 Å². The summed E-state index contributed by atoms with van der Waals surface area (Å²) < 4.78 is 48.3. The molecule has 4 fully saturated rings. The number of nitrogens with zero attached hydrogens (tertiary/aromatic N) is 10. The summed E-state index contributed by atoms with van der Waals surface area (Å²) in [4.78, 5) is 47.2. The van der Waals surface area contributed by atoms with Crippen molar-refractivity contribution in [1.82, 2.24) is 54.7 Å². The van der Waals surface area contributed by atoms with E-state index in [1.165, 1.54) is 12.8 Å². The fourth-order valence-electron chi connectivity index (χ4n) is 11.6. The van der Waals surface area contributed by atoms with E-state index >= 15 is 0 Å². The van der Waals surface area contributed by atoms with Crippen molar-refractivity contribution in [1.29, 1.82) is 0 Å². The molecule has 0 radical (unpaired) electrons. The maximum Gasteiger partial charge on any atom is 0.225 e. The minimum absolute atomic E-state index is 0.0661. The van der Waals surface area contributed by atoms with Crippen molar-refractivity contribution in [2.24, 2.45) is 5.92 Å². The van der Waals surface area contributed by atoms with Crippen molar-refractivity contribution >= 4 is 18.1 Å². The SMILES string of the molecule is Cc1nnc(C(C)C)n1C1CC2CCC(C1)N2CC[C@H](NC(=O)[C@@H]1CCN(C(=O)CCN2CCN(CCCCc3cn(CCOCCOCCOCCOCCOCCOCCOCCOCCC=O)nn3)CC2)C1)c1ccccc1. The van der Waals surface area contributed by atoms with Crippen LogP contribution in [0.4, 0.5) is 0 Å². The van der Waals surface area contributed by atoms with Crippen LogP contribution in [0.5, 0.6) is 0 Å². The molecule has 4 saturated heterocycles. The Bertz CT molecular complexity index is 2180. The lowest BCUT2D eigenvalue weighted by Gasteiger charge is -2.40. The summed E-state index contributed by atoms with van der Waals surface area (Å²) >= 11 is 0. The topological polar surface area (TPSA) is 211 Å². The Hall–Kier alpha value is -4.33. The minimum atomic E-state index is -0.187. The second-order valence-electron chi connectivity index (χ2n) is 22.2. The van der Waals surface area contributed by atoms with Crippen molar-refractivity contribution < 1.29 is 52.3 Å². The number of rotatable bonds is 43. The molecule has 2 unspecified atom stereocenters. The van der Waals surface area contributed by atoms with Gasteiger partial charge in [0.05, 0.1) is 130 Å². The molecule has 0 saturated carbocycles.